The molecule has 0 bridgehead atoms. The van der Waals surface area contributed by atoms with Crippen molar-refractivity contribution < 1.29 is 32.3 Å². The number of methoxy groups -OCH3 is 2. The van der Waals surface area contributed by atoms with Gasteiger partial charge in [-0.05, 0) is 48.7 Å². The smallest absolute Gasteiger partial charge is 0.416 e. The number of benzene rings is 2. The molecule has 4 rings (SSSR count). The van der Waals surface area contributed by atoms with Crippen LogP contribution in [0.5, 0.6) is 11.5 Å². The van der Waals surface area contributed by atoms with Gasteiger partial charge in [-0.3, -0.25) is 4.79 Å². The predicted molar refractivity (Wildman–Crippen MR) is 124 cm³/mol. The van der Waals surface area contributed by atoms with Crippen molar-refractivity contribution in [3.63, 3.8) is 0 Å². The number of alkyl halides is 3. The maximum absolute atomic E-state index is 13.3. The maximum Gasteiger partial charge on any atom is 0.416 e. The lowest BCUT2D eigenvalue weighted by Crippen LogP contribution is -2.40. The first-order valence-electron chi connectivity index (χ1n) is 11.7. The molecule has 0 unspecified atom stereocenters. The minimum absolute atomic E-state index is 0.0190. The van der Waals surface area contributed by atoms with Crippen molar-refractivity contribution in [3.8, 4) is 11.5 Å². The summed E-state index contributed by atoms with van der Waals surface area (Å²) in [4.78, 5) is 20.7. The lowest BCUT2D eigenvalue weighted by molar-refractivity contribution is -0.138. The van der Waals surface area contributed by atoms with Crippen LogP contribution in [0.2, 0.25) is 0 Å². The second kappa shape index (κ2) is 10.6. The Hall–Kier alpha value is -3.23. The van der Waals surface area contributed by atoms with Crippen molar-refractivity contribution >= 4 is 11.6 Å². The van der Waals surface area contributed by atoms with Crippen molar-refractivity contribution in [3.05, 3.63) is 59.2 Å². The Bertz CT molecular complexity index is 1060. The van der Waals surface area contributed by atoms with Gasteiger partial charge in [-0.25, -0.2) is 0 Å². The first-order chi connectivity index (χ1) is 16.8. The monoisotopic (exact) mass is 490 g/mol. The summed E-state index contributed by atoms with van der Waals surface area (Å²) in [5.41, 5.74) is 1.51. The molecule has 2 aromatic carbocycles. The molecule has 188 valence electrons. The van der Waals surface area contributed by atoms with Crippen LogP contribution < -0.4 is 9.47 Å². The number of oxime groups is 1. The minimum atomic E-state index is -4.40. The van der Waals surface area contributed by atoms with Crippen molar-refractivity contribution in [2.24, 2.45) is 11.1 Å². The molecular formula is C26H29F3N2O4. The third-order valence-electron chi connectivity index (χ3n) is 6.54. The first kappa shape index (κ1) is 24.9. The van der Waals surface area contributed by atoms with E-state index in [1.54, 1.807) is 25.2 Å². The fraction of sp³-hybridized carbons (Fsp3) is 0.462. The minimum Gasteiger partial charge on any atom is -0.493 e. The molecule has 0 spiro atoms. The summed E-state index contributed by atoms with van der Waals surface area (Å²) in [6, 6.07) is 10.5. The van der Waals surface area contributed by atoms with E-state index in [-0.39, 0.29) is 24.5 Å². The average molecular weight is 491 g/mol. The summed E-state index contributed by atoms with van der Waals surface area (Å²) in [5.74, 6) is 1.15. The molecule has 1 amide bonds. The van der Waals surface area contributed by atoms with E-state index in [2.05, 4.69) is 5.16 Å². The summed E-state index contributed by atoms with van der Waals surface area (Å²) in [6.45, 7) is 0.523. The van der Waals surface area contributed by atoms with Gasteiger partial charge in [0.25, 0.3) is 0 Å². The van der Waals surface area contributed by atoms with Crippen LogP contribution in [-0.4, -0.2) is 43.4 Å². The van der Waals surface area contributed by atoms with Crippen LogP contribution in [0.1, 0.15) is 48.8 Å². The molecule has 1 atom stereocenters. The Labute approximate surface area is 202 Å². The number of carbonyl (C=O) groups is 1. The number of rotatable bonds is 8. The second-order valence-electron chi connectivity index (χ2n) is 8.93. The molecular weight excluding hydrogens is 461 g/mol. The van der Waals surface area contributed by atoms with E-state index in [4.69, 9.17) is 14.3 Å². The van der Waals surface area contributed by atoms with E-state index in [0.717, 1.165) is 49.1 Å². The summed E-state index contributed by atoms with van der Waals surface area (Å²) in [5, 5.41) is 4.23. The third kappa shape index (κ3) is 5.89. The highest BCUT2D eigenvalue weighted by molar-refractivity contribution is 6.01. The van der Waals surface area contributed by atoms with Crippen LogP contribution >= 0.6 is 0 Å². The zero-order valence-electron chi connectivity index (χ0n) is 19.8. The molecule has 1 fully saturated rings. The molecule has 1 aliphatic carbocycles. The largest absolute Gasteiger partial charge is 0.493 e. The number of halogens is 3. The van der Waals surface area contributed by atoms with Crippen molar-refractivity contribution in [2.45, 2.75) is 50.9 Å². The molecule has 2 aliphatic rings. The van der Waals surface area contributed by atoms with Gasteiger partial charge in [-0.2, -0.15) is 13.2 Å². The van der Waals surface area contributed by atoms with E-state index in [1.807, 2.05) is 12.1 Å². The molecule has 1 saturated carbocycles. The number of amides is 1. The Morgan fingerprint density at radius 3 is 2.37 bits per heavy atom. The molecule has 0 N–H and O–H groups in total. The van der Waals surface area contributed by atoms with Gasteiger partial charge < -0.3 is 19.2 Å². The fourth-order valence-corrected chi connectivity index (χ4v) is 4.64. The van der Waals surface area contributed by atoms with Crippen molar-refractivity contribution in [1.29, 1.82) is 0 Å². The summed E-state index contributed by atoms with van der Waals surface area (Å²) in [6.07, 6.45) is -0.557. The molecule has 0 radical (unpaired) electrons. The van der Waals surface area contributed by atoms with Gasteiger partial charge in [0, 0.05) is 24.4 Å². The molecule has 1 aliphatic heterocycles. The van der Waals surface area contributed by atoms with E-state index in [1.165, 1.54) is 12.1 Å². The van der Waals surface area contributed by atoms with Gasteiger partial charge in [0.1, 0.15) is 0 Å². The zero-order valence-corrected chi connectivity index (χ0v) is 19.8. The van der Waals surface area contributed by atoms with Crippen LogP contribution in [0.25, 0.3) is 0 Å². The van der Waals surface area contributed by atoms with Crippen LogP contribution in [0.4, 0.5) is 13.2 Å². The van der Waals surface area contributed by atoms with E-state index in [9.17, 15) is 18.0 Å². The van der Waals surface area contributed by atoms with Crippen LogP contribution in [0.3, 0.4) is 0 Å². The lowest BCUT2D eigenvalue weighted by atomic mass is 10.0. The van der Waals surface area contributed by atoms with Crippen LogP contribution in [0.15, 0.2) is 47.6 Å². The Morgan fingerprint density at radius 1 is 1.06 bits per heavy atom. The van der Waals surface area contributed by atoms with Gasteiger partial charge in [0.2, 0.25) is 5.91 Å². The number of carbonyl (C=O) groups excluding carboxylic acids is 1. The molecule has 1 heterocycles. The number of hydrogen-bond acceptors (Lipinski definition) is 5. The van der Waals surface area contributed by atoms with Crippen molar-refractivity contribution in [1.82, 2.24) is 4.90 Å². The quantitative estimate of drug-likeness (QED) is 0.495. The highest BCUT2D eigenvalue weighted by atomic mass is 19.4. The number of ether oxygens (including phenoxy) is 2. The molecule has 9 heteroatoms. The maximum atomic E-state index is 13.3. The van der Waals surface area contributed by atoms with Crippen molar-refractivity contribution in [2.75, 3.05) is 20.8 Å². The Morgan fingerprint density at radius 2 is 1.74 bits per heavy atom. The van der Waals surface area contributed by atoms with Crippen LogP contribution in [-0.2, 0) is 22.4 Å². The van der Waals surface area contributed by atoms with E-state index < -0.39 is 11.7 Å². The molecule has 2 aromatic rings. The number of hydrogen-bond donors (Lipinski definition) is 0. The molecule has 35 heavy (non-hydrogen) atoms. The Kier molecular flexibility index (Phi) is 7.52. The molecule has 6 nitrogen and oxygen atoms in total. The summed E-state index contributed by atoms with van der Waals surface area (Å²) >= 11 is 0. The average Bonchev–Trinajstić information content (AvgIpc) is 3.55. The number of nitrogens with zero attached hydrogens (tertiary/aromatic N) is 2. The van der Waals surface area contributed by atoms with Crippen LogP contribution in [0, 0.1) is 5.92 Å². The van der Waals surface area contributed by atoms with Gasteiger partial charge >= 0.3 is 6.18 Å². The van der Waals surface area contributed by atoms with Gasteiger partial charge in [0.05, 0.1) is 32.0 Å². The normalized spacial score (nSPS) is 18.2. The SMILES string of the molecule is COc1ccc(C2=NO[C@H](CN(Cc3ccc(C(F)(F)F)cc3)C(=O)C3CCCC3)C2)cc1OC. The zero-order chi connectivity index (χ0) is 25.0. The first-order valence-corrected chi connectivity index (χ1v) is 11.7. The highest BCUT2D eigenvalue weighted by Gasteiger charge is 2.33. The van der Waals surface area contributed by atoms with Gasteiger partial charge in [-0.15, -0.1) is 0 Å². The predicted octanol–water partition coefficient (Wildman–Crippen LogP) is 5.43. The highest BCUT2D eigenvalue weighted by Crippen LogP contribution is 2.32. The van der Waals surface area contributed by atoms with Gasteiger partial charge in [0.15, 0.2) is 17.6 Å². The molecule has 0 aromatic heterocycles. The standard InChI is InChI=1S/C26H29F3N2O4/c1-33-23-12-9-19(13-24(23)34-2)22-14-21(35-30-22)16-31(25(32)18-5-3-4-6-18)15-17-7-10-20(11-8-17)26(27,28)29/h7-13,18,21H,3-6,14-16H2,1-2H3/t21-/m0/s1. The summed E-state index contributed by atoms with van der Waals surface area (Å²) in [7, 11) is 3.13. The molecule has 0 saturated heterocycles. The van der Waals surface area contributed by atoms with Gasteiger partial charge in [-0.1, -0.05) is 30.1 Å². The van der Waals surface area contributed by atoms with E-state index in [0.29, 0.717) is 30.0 Å². The lowest BCUT2D eigenvalue weighted by Gasteiger charge is -2.27. The second-order valence-corrected chi connectivity index (χ2v) is 8.93. The Balaban J connectivity index is 1.46. The topological polar surface area (TPSA) is 60.4 Å². The summed E-state index contributed by atoms with van der Waals surface area (Å²) < 4.78 is 49.5. The third-order valence-corrected chi connectivity index (χ3v) is 6.54. The van der Waals surface area contributed by atoms with E-state index >= 15 is 0 Å². The fourth-order valence-electron chi connectivity index (χ4n) is 4.64.